The molecular formula is C15H31N3O. The lowest BCUT2D eigenvalue weighted by Crippen LogP contribution is -2.38. The van der Waals surface area contributed by atoms with E-state index in [-0.39, 0.29) is 0 Å². The largest absolute Gasteiger partial charge is 0.382 e. The Labute approximate surface area is 118 Å². The minimum atomic E-state index is 0.340. The molecule has 1 fully saturated rings. The van der Waals surface area contributed by atoms with Crippen LogP contribution >= 0.6 is 0 Å². The van der Waals surface area contributed by atoms with E-state index in [1.807, 2.05) is 0 Å². The Morgan fingerprint density at radius 2 is 1.84 bits per heavy atom. The van der Waals surface area contributed by atoms with Crippen LogP contribution in [-0.4, -0.2) is 43.7 Å². The van der Waals surface area contributed by atoms with E-state index in [0.717, 1.165) is 39.3 Å². The van der Waals surface area contributed by atoms with Gasteiger partial charge in [0.25, 0.3) is 0 Å². The Morgan fingerprint density at radius 3 is 2.37 bits per heavy atom. The lowest BCUT2D eigenvalue weighted by molar-refractivity contribution is 0.107. The van der Waals surface area contributed by atoms with Gasteiger partial charge in [-0.2, -0.15) is 0 Å². The van der Waals surface area contributed by atoms with E-state index < -0.39 is 0 Å². The van der Waals surface area contributed by atoms with E-state index in [0.29, 0.717) is 11.4 Å². The number of aliphatic imine (C=N–C) groups is 1. The summed E-state index contributed by atoms with van der Waals surface area (Å²) in [4.78, 5) is 6.78. The molecule has 1 rings (SSSR count). The molecule has 2 N–H and O–H groups in total. The SMILES string of the molecule is CCOCCC1(CN=C(N)N(CC)CC)CCCC1. The number of ether oxygens (including phenoxy) is 1. The van der Waals surface area contributed by atoms with Gasteiger partial charge in [0.15, 0.2) is 5.96 Å². The van der Waals surface area contributed by atoms with Gasteiger partial charge in [0.05, 0.1) is 0 Å². The smallest absolute Gasteiger partial charge is 0.191 e. The molecule has 1 saturated carbocycles. The summed E-state index contributed by atoms with van der Waals surface area (Å²) in [6.45, 7) is 10.7. The summed E-state index contributed by atoms with van der Waals surface area (Å²) in [7, 11) is 0. The Morgan fingerprint density at radius 1 is 1.21 bits per heavy atom. The van der Waals surface area contributed by atoms with Crippen LogP contribution < -0.4 is 5.73 Å². The second-order valence-corrected chi connectivity index (χ2v) is 5.50. The Balaban J connectivity index is 2.55. The molecule has 1 aliphatic carbocycles. The molecule has 0 aromatic carbocycles. The van der Waals surface area contributed by atoms with Gasteiger partial charge in [-0.15, -0.1) is 0 Å². The zero-order valence-corrected chi connectivity index (χ0v) is 13.0. The molecular weight excluding hydrogens is 238 g/mol. The predicted octanol–water partition coefficient (Wildman–Crippen LogP) is 2.63. The fraction of sp³-hybridized carbons (Fsp3) is 0.933. The van der Waals surface area contributed by atoms with Crippen LogP contribution in [0.15, 0.2) is 4.99 Å². The van der Waals surface area contributed by atoms with Crippen LogP contribution in [0.3, 0.4) is 0 Å². The molecule has 19 heavy (non-hydrogen) atoms. The highest BCUT2D eigenvalue weighted by atomic mass is 16.5. The minimum Gasteiger partial charge on any atom is -0.382 e. The third-order valence-corrected chi connectivity index (χ3v) is 4.31. The van der Waals surface area contributed by atoms with Crippen molar-refractivity contribution < 1.29 is 4.74 Å². The van der Waals surface area contributed by atoms with Gasteiger partial charge in [0, 0.05) is 32.8 Å². The van der Waals surface area contributed by atoms with Gasteiger partial charge in [-0.25, -0.2) is 0 Å². The first-order chi connectivity index (χ1) is 9.17. The van der Waals surface area contributed by atoms with E-state index in [2.05, 4.69) is 30.7 Å². The van der Waals surface area contributed by atoms with Crippen LogP contribution in [0.1, 0.15) is 52.9 Å². The molecule has 0 saturated heterocycles. The highest BCUT2D eigenvalue weighted by Crippen LogP contribution is 2.41. The predicted molar refractivity (Wildman–Crippen MR) is 81.4 cm³/mol. The molecule has 0 amide bonds. The quantitative estimate of drug-likeness (QED) is 0.419. The van der Waals surface area contributed by atoms with Crippen molar-refractivity contribution in [2.24, 2.45) is 16.1 Å². The molecule has 112 valence electrons. The number of nitrogens with zero attached hydrogens (tertiary/aromatic N) is 2. The van der Waals surface area contributed by atoms with Gasteiger partial charge in [0.1, 0.15) is 0 Å². The minimum absolute atomic E-state index is 0.340. The summed E-state index contributed by atoms with van der Waals surface area (Å²) >= 11 is 0. The van der Waals surface area contributed by atoms with Gasteiger partial charge in [0.2, 0.25) is 0 Å². The van der Waals surface area contributed by atoms with E-state index in [4.69, 9.17) is 10.5 Å². The van der Waals surface area contributed by atoms with E-state index in [9.17, 15) is 0 Å². The lowest BCUT2D eigenvalue weighted by Gasteiger charge is -2.28. The molecule has 4 heteroatoms. The fourth-order valence-corrected chi connectivity index (χ4v) is 2.94. The third kappa shape index (κ3) is 5.01. The van der Waals surface area contributed by atoms with Crippen LogP contribution in [0.2, 0.25) is 0 Å². The van der Waals surface area contributed by atoms with Crippen LogP contribution in [0.5, 0.6) is 0 Å². The normalized spacial score (nSPS) is 18.8. The van der Waals surface area contributed by atoms with Crippen molar-refractivity contribution in [3.63, 3.8) is 0 Å². The number of hydrogen-bond acceptors (Lipinski definition) is 2. The van der Waals surface area contributed by atoms with Gasteiger partial charge in [-0.3, -0.25) is 4.99 Å². The molecule has 0 bridgehead atoms. The van der Waals surface area contributed by atoms with Crippen molar-refractivity contribution in [3.05, 3.63) is 0 Å². The molecule has 4 nitrogen and oxygen atoms in total. The fourth-order valence-electron chi connectivity index (χ4n) is 2.94. The Hall–Kier alpha value is -0.770. The summed E-state index contributed by atoms with van der Waals surface area (Å²) in [5.41, 5.74) is 6.42. The van der Waals surface area contributed by atoms with Crippen molar-refractivity contribution in [3.8, 4) is 0 Å². The first kappa shape index (κ1) is 16.3. The van der Waals surface area contributed by atoms with Crippen LogP contribution in [0.4, 0.5) is 0 Å². The maximum atomic E-state index is 6.08. The number of rotatable bonds is 8. The number of guanidine groups is 1. The summed E-state index contributed by atoms with van der Waals surface area (Å²) in [6.07, 6.45) is 6.32. The van der Waals surface area contributed by atoms with E-state index >= 15 is 0 Å². The second-order valence-electron chi connectivity index (χ2n) is 5.50. The van der Waals surface area contributed by atoms with Crippen LogP contribution in [0, 0.1) is 5.41 Å². The molecule has 0 unspecified atom stereocenters. The average Bonchev–Trinajstić information content (AvgIpc) is 2.87. The van der Waals surface area contributed by atoms with E-state index in [1.54, 1.807) is 0 Å². The molecule has 0 aromatic rings. The molecule has 0 spiro atoms. The first-order valence-corrected chi connectivity index (χ1v) is 7.80. The maximum absolute atomic E-state index is 6.08. The average molecular weight is 269 g/mol. The first-order valence-electron chi connectivity index (χ1n) is 7.80. The standard InChI is InChI=1S/C15H31N3O/c1-4-18(5-2)14(16)17-13-15(9-7-8-10-15)11-12-19-6-3/h4-13H2,1-3H3,(H2,16,17). The number of nitrogens with two attached hydrogens (primary N) is 1. The van der Waals surface area contributed by atoms with Crippen molar-refractivity contribution in [2.75, 3.05) is 32.8 Å². The van der Waals surface area contributed by atoms with Crippen LogP contribution in [-0.2, 0) is 4.74 Å². The highest BCUT2D eigenvalue weighted by molar-refractivity contribution is 5.78. The van der Waals surface area contributed by atoms with Crippen molar-refractivity contribution >= 4 is 5.96 Å². The molecule has 0 atom stereocenters. The van der Waals surface area contributed by atoms with Crippen molar-refractivity contribution in [2.45, 2.75) is 52.9 Å². The third-order valence-electron chi connectivity index (χ3n) is 4.31. The molecule has 0 heterocycles. The van der Waals surface area contributed by atoms with Gasteiger partial charge >= 0.3 is 0 Å². The Bertz CT molecular complexity index is 269. The highest BCUT2D eigenvalue weighted by Gasteiger charge is 2.33. The van der Waals surface area contributed by atoms with Crippen LogP contribution in [0.25, 0.3) is 0 Å². The zero-order chi connectivity index (χ0) is 14.1. The van der Waals surface area contributed by atoms with E-state index in [1.165, 1.54) is 25.7 Å². The summed E-state index contributed by atoms with van der Waals surface area (Å²) in [5, 5.41) is 0. The summed E-state index contributed by atoms with van der Waals surface area (Å²) in [5.74, 6) is 0.702. The van der Waals surface area contributed by atoms with Crippen molar-refractivity contribution in [1.29, 1.82) is 0 Å². The van der Waals surface area contributed by atoms with Gasteiger partial charge < -0.3 is 15.4 Å². The van der Waals surface area contributed by atoms with Gasteiger partial charge in [-0.1, -0.05) is 12.8 Å². The zero-order valence-electron chi connectivity index (χ0n) is 13.0. The Kier molecular flexibility index (Phi) is 7.21. The molecule has 0 aromatic heterocycles. The molecule has 1 aliphatic rings. The topological polar surface area (TPSA) is 50.9 Å². The summed E-state index contributed by atoms with van der Waals surface area (Å²) in [6, 6.07) is 0. The maximum Gasteiger partial charge on any atom is 0.191 e. The molecule has 0 aliphatic heterocycles. The van der Waals surface area contributed by atoms with Crippen molar-refractivity contribution in [1.82, 2.24) is 4.90 Å². The number of hydrogen-bond donors (Lipinski definition) is 1. The van der Waals surface area contributed by atoms with Gasteiger partial charge in [-0.05, 0) is 45.4 Å². The second kappa shape index (κ2) is 8.41. The summed E-state index contributed by atoms with van der Waals surface area (Å²) < 4.78 is 5.53. The lowest BCUT2D eigenvalue weighted by atomic mass is 9.83. The molecule has 0 radical (unpaired) electrons. The monoisotopic (exact) mass is 269 g/mol.